The van der Waals surface area contributed by atoms with E-state index < -0.39 is 17.8 Å². The average molecular weight is 226 g/mol. The number of aromatic amines is 1. The molecule has 0 radical (unpaired) electrons. The lowest BCUT2D eigenvalue weighted by atomic mass is 10.1. The predicted molar refractivity (Wildman–Crippen MR) is 54.9 cm³/mol. The maximum absolute atomic E-state index is 11.4. The number of H-pyrrole nitrogens is 1. The van der Waals surface area contributed by atoms with Crippen LogP contribution in [0.15, 0.2) is 0 Å². The Morgan fingerprint density at radius 2 is 2.25 bits per heavy atom. The quantitative estimate of drug-likeness (QED) is 0.652. The minimum Gasteiger partial charge on any atom is -0.481 e. The highest BCUT2D eigenvalue weighted by molar-refractivity contribution is 5.90. The van der Waals surface area contributed by atoms with Gasteiger partial charge in [-0.1, -0.05) is 6.92 Å². The van der Waals surface area contributed by atoms with Gasteiger partial charge in [0.2, 0.25) is 5.82 Å². The van der Waals surface area contributed by atoms with Crippen LogP contribution in [0.1, 0.15) is 29.8 Å². The van der Waals surface area contributed by atoms with Crippen LogP contribution < -0.4 is 5.32 Å². The van der Waals surface area contributed by atoms with E-state index >= 15 is 0 Å². The number of nitrogens with one attached hydrogen (secondary N) is 2. The van der Waals surface area contributed by atoms with Crippen LogP contribution in [0, 0.1) is 12.8 Å². The average Bonchev–Trinajstić information content (AvgIpc) is 2.64. The fourth-order valence-electron chi connectivity index (χ4n) is 1.05. The first-order valence-corrected chi connectivity index (χ1v) is 4.90. The number of aryl methyl sites for hydroxylation is 1. The zero-order valence-electron chi connectivity index (χ0n) is 9.15. The third kappa shape index (κ3) is 3.34. The summed E-state index contributed by atoms with van der Waals surface area (Å²) in [5, 5.41) is 17.4. The molecule has 7 heteroatoms. The molecule has 3 N–H and O–H groups in total. The molecule has 0 spiro atoms. The Labute approximate surface area is 92.3 Å². The third-order valence-corrected chi connectivity index (χ3v) is 2.08. The van der Waals surface area contributed by atoms with Crippen molar-refractivity contribution in [3.63, 3.8) is 0 Å². The van der Waals surface area contributed by atoms with Gasteiger partial charge in [0.15, 0.2) is 0 Å². The van der Waals surface area contributed by atoms with Crippen molar-refractivity contribution >= 4 is 11.9 Å². The zero-order chi connectivity index (χ0) is 12.1. The summed E-state index contributed by atoms with van der Waals surface area (Å²) in [4.78, 5) is 25.8. The number of hydrogen-bond acceptors (Lipinski definition) is 4. The van der Waals surface area contributed by atoms with E-state index in [9.17, 15) is 9.59 Å². The van der Waals surface area contributed by atoms with Crippen molar-refractivity contribution in [2.75, 3.05) is 6.54 Å². The van der Waals surface area contributed by atoms with Crippen LogP contribution in [0.5, 0.6) is 0 Å². The predicted octanol–water partition coefficient (Wildman–Crippen LogP) is -0.0463. The molecule has 0 bridgehead atoms. The van der Waals surface area contributed by atoms with Gasteiger partial charge in [0, 0.05) is 6.54 Å². The van der Waals surface area contributed by atoms with Crippen LogP contribution in [-0.4, -0.2) is 38.7 Å². The van der Waals surface area contributed by atoms with E-state index in [2.05, 4.69) is 20.5 Å². The van der Waals surface area contributed by atoms with Crippen molar-refractivity contribution in [1.29, 1.82) is 0 Å². The maximum atomic E-state index is 11.4. The first-order chi connectivity index (χ1) is 7.50. The Morgan fingerprint density at radius 3 is 2.75 bits per heavy atom. The topological polar surface area (TPSA) is 108 Å². The summed E-state index contributed by atoms with van der Waals surface area (Å²) in [6, 6.07) is 0. The van der Waals surface area contributed by atoms with E-state index in [4.69, 9.17) is 5.11 Å². The van der Waals surface area contributed by atoms with Crippen molar-refractivity contribution in [2.45, 2.75) is 20.3 Å². The molecule has 0 fully saturated rings. The Hall–Kier alpha value is -1.92. The molecule has 1 aromatic heterocycles. The number of carbonyl (C=O) groups is 2. The van der Waals surface area contributed by atoms with Gasteiger partial charge in [-0.05, 0) is 13.3 Å². The number of amides is 1. The summed E-state index contributed by atoms with van der Waals surface area (Å²) >= 11 is 0. The second-order valence-corrected chi connectivity index (χ2v) is 3.53. The van der Waals surface area contributed by atoms with Gasteiger partial charge in [0.25, 0.3) is 5.91 Å². The monoisotopic (exact) mass is 226 g/mol. The fourth-order valence-corrected chi connectivity index (χ4v) is 1.05. The van der Waals surface area contributed by atoms with E-state index in [0.29, 0.717) is 18.8 Å². The normalized spacial score (nSPS) is 12.1. The lowest BCUT2D eigenvalue weighted by molar-refractivity contribution is -0.141. The molecule has 0 aliphatic heterocycles. The van der Waals surface area contributed by atoms with Gasteiger partial charge in [0.1, 0.15) is 5.82 Å². The summed E-state index contributed by atoms with van der Waals surface area (Å²) in [6.45, 7) is 3.57. The van der Waals surface area contributed by atoms with Crippen molar-refractivity contribution in [3.8, 4) is 0 Å². The molecule has 0 saturated heterocycles. The number of nitrogens with zero attached hydrogens (tertiary/aromatic N) is 2. The zero-order valence-corrected chi connectivity index (χ0v) is 9.15. The maximum Gasteiger partial charge on any atom is 0.306 e. The van der Waals surface area contributed by atoms with Crippen LogP contribution in [0.25, 0.3) is 0 Å². The van der Waals surface area contributed by atoms with Crippen LogP contribution in [0.4, 0.5) is 0 Å². The Balaban J connectivity index is 2.34. The first kappa shape index (κ1) is 12.2. The Kier molecular flexibility index (Phi) is 3.98. The highest BCUT2D eigenvalue weighted by Crippen LogP contribution is 2.00. The molecule has 0 saturated carbocycles. The SMILES string of the molecule is Cc1nc(C(=O)NCCC(C)C(=O)O)n[nH]1. The van der Waals surface area contributed by atoms with Gasteiger partial charge in [-0.3, -0.25) is 14.7 Å². The number of carboxylic acids is 1. The van der Waals surface area contributed by atoms with E-state index in [-0.39, 0.29) is 5.82 Å². The Bertz CT molecular complexity index is 388. The number of hydrogen-bond donors (Lipinski definition) is 3. The molecule has 0 aromatic carbocycles. The van der Waals surface area contributed by atoms with Crippen molar-refractivity contribution in [3.05, 3.63) is 11.6 Å². The molecule has 16 heavy (non-hydrogen) atoms. The van der Waals surface area contributed by atoms with Gasteiger partial charge in [-0.2, -0.15) is 0 Å². The summed E-state index contributed by atoms with van der Waals surface area (Å²) in [6.07, 6.45) is 0.379. The molecule has 7 nitrogen and oxygen atoms in total. The lowest BCUT2D eigenvalue weighted by Gasteiger charge is -2.05. The number of carbonyl (C=O) groups excluding carboxylic acids is 1. The summed E-state index contributed by atoms with van der Waals surface area (Å²) in [5.41, 5.74) is 0. The summed E-state index contributed by atoms with van der Waals surface area (Å²) < 4.78 is 0. The van der Waals surface area contributed by atoms with Gasteiger partial charge in [-0.15, -0.1) is 5.10 Å². The number of carboxylic acid groups (broad SMARTS) is 1. The van der Waals surface area contributed by atoms with Crippen molar-refractivity contribution in [2.24, 2.45) is 5.92 Å². The van der Waals surface area contributed by atoms with E-state index in [0.717, 1.165) is 0 Å². The molecule has 1 atom stereocenters. The van der Waals surface area contributed by atoms with Crippen molar-refractivity contribution < 1.29 is 14.7 Å². The van der Waals surface area contributed by atoms with Gasteiger partial charge >= 0.3 is 5.97 Å². The van der Waals surface area contributed by atoms with E-state index in [1.807, 2.05) is 0 Å². The standard InChI is InChI=1S/C9H14N4O3/c1-5(9(15)16)3-4-10-8(14)7-11-6(2)12-13-7/h5H,3-4H2,1-2H3,(H,10,14)(H,15,16)(H,11,12,13). The molecular formula is C9H14N4O3. The molecule has 1 rings (SSSR count). The summed E-state index contributed by atoms with van der Waals surface area (Å²) in [7, 11) is 0. The lowest BCUT2D eigenvalue weighted by Crippen LogP contribution is -2.27. The molecular weight excluding hydrogens is 212 g/mol. The number of aromatic nitrogens is 3. The van der Waals surface area contributed by atoms with Crippen LogP contribution in [-0.2, 0) is 4.79 Å². The number of rotatable bonds is 5. The highest BCUT2D eigenvalue weighted by atomic mass is 16.4. The molecule has 1 unspecified atom stereocenters. The largest absolute Gasteiger partial charge is 0.481 e. The number of aliphatic carboxylic acids is 1. The second-order valence-electron chi connectivity index (χ2n) is 3.53. The van der Waals surface area contributed by atoms with Gasteiger partial charge in [-0.25, -0.2) is 4.98 Å². The molecule has 1 amide bonds. The molecule has 0 aliphatic carbocycles. The molecule has 88 valence electrons. The third-order valence-electron chi connectivity index (χ3n) is 2.08. The van der Waals surface area contributed by atoms with Crippen molar-refractivity contribution in [1.82, 2.24) is 20.5 Å². The molecule has 1 heterocycles. The van der Waals surface area contributed by atoms with Crippen LogP contribution >= 0.6 is 0 Å². The minimum absolute atomic E-state index is 0.0699. The smallest absolute Gasteiger partial charge is 0.306 e. The molecule has 1 aromatic rings. The Morgan fingerprint density at radius 1 is 1.56 bits per heavy atom. The van der Waals surface area contributed by atoms with E-state index in [1.165, 1.54) is 0 Å². The van der Waals surface area contributed by atoms with Gasteiger partial charge < -0.3 is 10.4 Å². The van der Waals surface area contributed by atoms with E-state index in [1.54, 1.807) is 13.8 Å². The van der Waals surface area contributed by atoms with Crippen LogP contribution in [0.3, 0.4) is 0 Å². The first-order valence-electron chi connectivity index (χ1n) is 4.90. The molecule has 0 aliphatic rings. The summed E-state index contributed by atoms with van der Waals surface area (Å²) in [5.74, 6) is -1.12. The fraction of sp³-hybridized carbons (Fsp3) is 0.556. The van der Waals surface area contributed by atoms with Gasteiger partial charge in [0.05, 0.1) is 5.92 Å². The minimum atomic E-state index is -0.872. The second kappa shape index (κ2) is 5.24. The van der Waals surface area contributed by atoms with Crippen LogP contribution in [0.2, 0.25) is 0 Å². The highest BCUT2D eigenvalue weighted by Gasteiger charge is 2.13.